The first-order valence-corrected chi connectivity index (χ1v) is 6.52. The third-order valence-electron chi connectivity index (χ3n) is 2.90. The van der Waals surface area contributed by atoms with E-state index in [0.29, 0.717) is 6.54 Å². The minimum absolute atomic E-state index is 0.0881. The molecule has 1 amide bonds. The zero-order valence-electron chi connectivity index (χ0n) is 11.6. The van der Waals surface area contributed by atoms with E-state index in [9.17, 15) is 13.6 Å². The summed E-state index contributed by atoms with van der Waals surface area (Å²) in [5.74, 6) is -1.10. The Morgan fingerprint density at radius 2 is 1.90 bits per heavy atom. The SMILES string of the molecule is CN(CC(=O)Nc1ccccc1F)Cc1cccc(F)c1. The summed E-state index contributed by atoms with van der Waals surface area (Å²) < 4.78 is 26.5. The van der Waals surface area contributed by atoms with Crippen LogP contribution in [0.25, 0.3) is 0 Å². The van der Waals surface area contributed by atoms with Crippen LogP contribution in [0.15, 0.2) is 48.5 Å². The Morgan fingerprint density at radius 3 is 2.62 bits per heavy atom. The average molecular weight is 290 g/mol. The Labute approximate surface area is 122 Å². The summed E-state index contributed by atoms with van der Waals surface area (Å²) in [4.78, 5) is 13.6. The number of nitrogens with zero attached hydrogens (tertiary/aromatic N) is 1. The molecule has 2 aromatic carbocycles. The highest BCUT2D eigenvalue weighted by Gasteiger charge is 2.10. The quantitative estimate of drug-likeness (QED) is 0.918. The third kappa shape index (κ3) is 4.65. The highest BCUT2D eigenvalue weighted by Crippen LogP contribution is 2.12. The maximum atomic E-state index is 13.4. The lowest BCUT2D eigenvalue weighted by atomic mass is 10.2. The molecule has 0 aliphatic rings. The van der Waals surface area contributed by atoms with Crippen LogP contribution in [0.1, 0.15) is 5.56 Å². The number of carbonyl (C=O) groups excluding carboxylic acids is 1. The van der Waals surface area contributed by atoms with Gasteiger partial charge >= 0.3 is 0 Å². The van der Waals surface area contributed by atoms with Gasteiger partial charge in [0.1, 0.15) is 11.6 Å². The topological polar surface area (TPSA) is 32.3 Å². The minimum atomic E-state index is -0.473. The predicted molar refractivity (Wildman–Crippen MR) is 77.8 cm³/mol. The van der Waals surface area contributed by atoms with Gasteiger partial charge in [-0.1, -0.05) is 24.3 Å². The van der Waals surface area contributed by atoms with E-state index in [2.05, 4.69) is 5.32 Å². The highest BCUT2D eigenvalue weighted by atomic mass is 19.1. The molecule has 5 heteroatoms. The van der Waals surface area contributed by atoms with Gasteiger partial charge < -0.3 is 5.32 Å². The molecule has 0 heterocycles. The second-order valence-corrected chi connectivity index (χ2v) is 4.83. The zero-order valence-corrected chi connectivity index (χ0v) is 11.6. The minimum Gasteiger partial charge on any atom is -0.322 e. The number of hydrogen-bond acceptors (Lipinski definition) is 2. The molecular formula is C16H16F2N2O. The number of hydrogen-bond donors (Lipinski definition) is 1. The lowest BCUT2D eigenvalue weighted by Gasteiger charge is -2.16. The van der Waals surface area contributed by atoms with Gasteiger partial charge in [0.2, 0.25) is 5.91 Å². The largest absolute Gasteiger partial charge is 0.322 e. The van der Waals surface area contributed by atoms with Gasteiger partial charge in [0, 0.05) is 6.54 Å². The average Bonchev–Trinajstić information content (AvgIpc) is 2.41. The molecule has 21 heavy (non-hydrogen) atoms. The van der Waals surface area contributed by atoms with Crippen molar-refractivity contribution in [1.82, 2.24) is 4.90 Å². The Bertz CT molecular complexity index is 631. The van der Waals surface area contributed by atoms with E-state index in [4.69, 9.17) is 0 Å². The van der Waals surface area contributed by atoms with Crippen LogP contribution >= 0.6 is 0 Å². The van der Waals surface area contributed by atoms with E-state index >= 15 is 0 Å². The Morgan fingerprint density at radius 1 is 1.14 bits per heavy atom. The summed E-state index contributed by atoms with van der Waals surface area (Å²) >= 11 is 0. The first kappa shape index (κ1) is 15.1. The van der Waals surface area contributed by atoms with Crippen LogP contribution in [0.2, 0.25) is 0 Å². The van der Waals surface area contributed by atoms with E-state index in [1.54, 1.807) is 36.2 Å². The van der Waals surface area contributed by atoms with Crippen LogP contribution in [-0.2, 0) is 11.3 Å². The van der Waals surface area contributed by atoms with Crippen LogP contribution in [0.5, 0.6) is 0 Å². The van der Waals surface area contributed by atoms with Gasteiger partial charge in [-0.3, -0.25) is 9.69 Å². The van der Waals surface area contributed by atoms with Crippen LogP contribution in [0, 0.1) is 11.6 Å². The summed E-state index contributed by atoms with van der Waals surface area (Å²) in [7, 11) is 1.74. The third-order valence-corrected chi connectivity index (χ3v) is 2.90. The molecule has 0 aromatic heterocycles. The van der Waals surface area contributed by atoms with Crippen molar-refractivity contribution in [2.75, 3.05) is 18.9 Å². The van der Waals surface area contributed by atoms with Crippen molar-refractivity contribution in [2.24, 2.45) is 0 Å². The van der Waals surface area contributed by atoms with Crippen LogP contribution in [-0.4, -0.2) is 24.4 Å². The van der Waals surface area contributed by atoms with Gasteiger partial charge in [-0.05, 0) is 36.9 Å². The first-order valence-electron chi connectivity index (χ1n) is 6.52. The van der Waals surface area contributed by atoms with Crippen molar-refractivity contribution in [3.63, 3.8) is 0 Å². The van der Waals surface area contributed by atoms with Crippen molar-refractivity contribution < 1.29 is 13.6 Å². The monoisotopic (exact) mass is 290 g/mol. The van der Waals surface area contributed by atoms with Crippen molar-refractivity contribution in [2.45, 2.75) is 6.54 Å². The molecule has 0 radical (unpaired) electrons. The van der Waals surface area contributed by atoms with E-state index in [1.807, 2.05) is 0 Å². The molecule has 0 fully saturated rings. The number of amides is 1. The number of benzene rings is 2. The summed E-state index contributed by atoms with van der Waals surface area (Å²) in [5.41, 5.74) is 0.929. The number of rotatable bonds is 5. The van der Waals surface area contributed by atoms with Crippen molar-refractivity contribution in [1.29, 1.82) is 0 Å². The Hall–Kier alpha value is -2.27. The number of nitrogens with one attached hydrogen (secondary N) is 1. The van der Waals surface area contributed by atoms with Gasteiger partial charge in [-0.25, -0.2) is 8.78 Å². The van der Waals surface area contributed by atoms with E-state index in [-0.39, 0.29) is 24.0 Å². The molecule has 2 rings (SSSR count). The molecule has 0 saturated carbocycles. The summed E-state index contributed by atoms with van der Waals surface area (Å²) in [5, 5.41) is 2.51. The van der Waals surface area contributed by atoms with Gasteiger partial charge in [0.15, 0.2) is 0 Å². The maximum absolute atomic E-state index is 13.4. The fourth-order valence-electron chi connectivity index (χ4n) is 2.00. The van der Waals surface area contributed by atoms with E-state index in [0.717, 1.165) is 5.56 Å². The summed E-state index contributed by atoms with van der Waals surface area (Å²) in [6.45, 7) is 0.521. The van der Waals surface area contributed by atoms with Crippen LogP contribution in [0.4, 0.5) is 14.5 Å². The predicted octanol–water partition coefficient (Wildman–Crippen LogP) is 3.04. The lowest BCUT2D eigenvalue weighted by molar-refractivity contribution is -0.117. The first-order chi connectivity index (χ1) is 10.0. The van der Waals surface area contributed by atoms with E-state index in [1.165, 1.54) is 24.3 Å². The van der Waals surface area contributed by atoms with Crippen molar-refractivity contribution in [3.8, 4) is 0 Å². The molecular weight excluding hydrogens is 274 g/mol. The van der Waals surface area contributed by atoms with Crippen molar-refractivity contribution in [3.05, 3.63) is 65.7 Å². The molecule has 0 aliphatic heterocycles. The second kappa shape index (κ2) is 6.95. The molecule has 0 spiro atoms. The standard InChI is InChI=1S/C16H16F2N2O/c1-20(10-12-5-4-6-13(17)9-12)11-16(21)19-15-8-3-2-7-14(15)18/h2-9H,10-11H2,1H3,(H,19,21). The Kier molecular flexibility index (Phi) is 5.00. The molecule has 3 nitrogen and oxygen atoms in total. The molecule has 0 bridgehead atoms. The molecule has 0 saturated heterocycles. The fraction of sp³-hybridized carbons (Fsp3) is 0.188. The molecule has 110 valence electrons. The van der Waals surface area contributed by atoms with Crippen molar-refractivity contribution >= 4 is 11.6 Å². The van der Waals surface area contributed by atoms with Gasteiger partial charge in [-0.15, -0.1) is 0 Å². The second-order valence-electron chi connectivity index (χ2n) is 4.83. The molecule has 0 aliphatic carbocycles. The lowest BCUT2D eigenvalue weighted by Crippen LogP contribution is -2.30. The molecule has 1 N–H and O–H groups in total. The van der Waals surface area contributed by atoms with E-state index < -0.39 is 5.82 Å². The number of carbonyl (C=O) groups is 1. The van der Waals surface area contributed by atoms with Gasteiger partial charge in [0.05, 0.1) is 12.2 Å². The summed E-state index contributed by atoms with van der Waals surface area (Å²) in [6, 6.07) is 12.2. The number of halogens is 2. The smallest absolute Gasteiger partial charge is 0.238 e. The number of anilines is 1. The number of likely N-dealkylation sites (N-methyl/N-ethyl adjacent to an activating group) is 1. The maximum Gasteiger partial charge on any atom is 0.238 e. The number of para-hydroxylation sites is 1. The highest BCUT2D eigenvalue weighted by molar-refractivity contribution is 5.92. The van der Waals surface area contributed by atoms with Gasteiger partial charge in [0.25, 0.3) is 0 Å². The molecule has 2 aromatic rings. The fourth-order valence-corrected chi connectivity index (χ4v) is 2.00. The van der Waals surface area contributed by atoms with Crippen LogP contribution in [0.3, 0.4) is 0 Å². The molecule has 0 atom stereocenters. The molecule has 0 unspecified atom stereocenters. The Balaban J connectivity index is 1.89. The van der Waals surface area contributed by atoms with Crippen LogP contribution < -0.4 is 5.32 Å². The van der Waals surface area contributed by atoms with Gasteiger partial charge in [-0.2, -0.15) is 0 Å². The summed E-state index contributed by atoms with van der Waals surface area (Å²) in [6.07, 6.45) is 0. The zero-order chi connectivity index (χ0) is 15.2. The normalized spacial score (nSPS) is 10.7.